The molecule has 7 nitrogen and oxygen atoms in total. The number of pyridine rings is 1. The van der Waals surface area contributed by atoms with Crippen molar-refractivity contribution in [2.45, 2.75) is 19.9 Å². The molecular weight excluding hydrogens is 324 g/mol. The van der Waals surface area contributed by atoms with Crippen LogP contribution in [-0.4, -0.2) is 35.2 Å². The van der Waals surface area contributed by atoms with Gasteiger partial charge in [0, 0.05) is 6.20 Å². The van der Waals surface area contributed by atoms with Crippen molar-refractivity contribution in [3.63, 3.8) is 0 Å². The van der Waals surface area contributed by atoms with E-state index in [1.54, 1.807) is 42.6 Å². The number of carbonyl (C=O) groups excluding carboxylic acids is 1. The highest BCUT2D eigenvalue weighted by Gasteiger charge is 2.16. The Bertz CT molecular complexity index is 731. The molecule has 1 amide bonds. The fourth-order valence-corrected chi connectivity index (χ4v) is 2.17. The second-order valence-electron chi connectivity index (χ2n) is 5.24. The second kappa shape index (κ2) is 8.68. The van der Waals surface area contributed by atoms with Gasteiger partial charge in [0.05, 0.1) is 12.6 Å². The first-order chi connectivity index (χ1) is 12.0. The van der Waals surface area contributed by atoms with Gasteiger partial charge in [0.15, 0.2) is 6.61 Å². The van der Waals surface area contributed by atoms with Crippen LogP contribution in [0.4, 0.5) is 0 Å². The lowest BCUT2D eigenvalue weighted by Crippen LogP contribution is -2.27. The zero-order chi connectivity index (χ0) is 18.2. The summed E-state index contributed by atoms with van der Waals surface area (Å²) in [5, 5.41) is 11.5. The summed E-state index contributed by atoms with van der Waals surface area (Å²) in [4.78, 5) is 27.0. The van der Waals surface area contributed by atoms with Crippen molar-refractivity contribution in [3.05, 3.63) is 53.7 Å². The molecule has 0 bridgehead atoms. The van der Waals surface area contributed by atoms with Gasteiger partial charge in [0.25, 0.3) is 5.91 Å². The summed E-state index contributed by atoms with van der Waals surface area (Å²) >= 11 is 0. The van der Waals surface area contributed by atoms with Crippen LogP contribution in [0.25, 0.3) is 0 Å². The molecule has 0 spiro atoms. The second-order valence-corrected chi connectivity index (χ2v) is 5.24. The number of carboxylic acids is 1. The topological polar surface area (TPSA) is 97.8 Å². The fourth-order valence-electron chi connectivity index (χ4n) is 2.17. The molecule has 0 saturated carbocycles. The summed E-state index contributed by atoms with van der Waals surface area (Å²) in [5.41, 5.74) is 1.23. The lowest BCUT2D eigenvalue weighted by Gasteiger charge is -2.16. The molecule has 132 valence electrons. The van der Waals surface area contributed by atoms with Gasteiger partial charge in [-0.1, -0.05) is 12.1 Å². The van der Waals surface area contributed by atoms with Gasteiger partial charge in [-0.3, -0.25) is 4.79 Å². The van der Waals surface area contributed by atoms with Crippen molar-refractivity contribution in [1.82, 2.24) is 10.3 Å². The fraction of sp³-hybridized carbons (Fsp3) is 0.278. The Kier molecular flexibility index (Phi) is 6.33. The van der Waals surface area contributed by atoms with Crippen molar-refractivity contribution in [1.29, 1.82) is 0 Å². The van der Waals surface area contributed by atoms with Crippen molar-refractivity contribution >= 4 is 11.9 Å². The lowest BCUT2D eigenvalue weighted by atomic mass is 10.1. The van der Waals surface area contributed by atoms with Crippen LogP contribution in [-0.2, 0) is 4.79 Å². The Morgan fingerprint density at radius 3 is 2.56 bits per heavy atom. The number of ether oxygens (including phenoxy) is 2. The number of aromatic nitrogens is 1. The Labute approximate surface area is 145 Å². The molecule has 2 N–H and O–H groups in total. The van der Waals surface area contributed by atoms with Crippen molar-refractivity contribution in [3.8, 4) is 11.6 Å². The maximum atomic E-state index is 12.4. The molecule has 0 aliphatic carbocycles. The van der Waals surface area contributed by atoms with Gasteiger partial charge in [-0.25, -0.2) is 9.78 Å². The predicted octanol–water partition coefficient (Wildman–Crippen LogP) is 2.43. The molecule has 2 rings (SSSR count). The number of amides is 1. The highest BCUT2D eigenvalue weighted by atomic mass is 16.5. The molecular formula is C18H20N2O5. The third-order valence-corrected chi connectivity index (χ3v) is 3.39. The minimum atomic E-state index is -1.04. The summed E-state index contributed by atoms with van der Waals surface area (Å²) < 4.78 is 10.5. The van der Waals surface area contributed by atoms with Gasteiger partial charge < -0.3 is 19.9 Å². The van der Waals surface area contributed by atoms with Crippen LogP contribution in [0.5, 0.6) is 11.6 Å². The van der Waals surface area contributed by atoms with E-state index in [9.17, 15) is 9.59 Å². The number of carboxylic acid groups (broad SMARTS) is 1. The molecule has 1 heterocycles. The molecule has 25 heavy (non-hydrogen) atoms. The summed E-state index contributed by atoms with van der Waals surface area (Å²) in [7, 11) is 0. The zero-order valence-electron chi connectivity index (χ0n) is 14.1. The average Bonchev–Trinajstić information content (AvgIpc) is 2.61. The molecule has 7 heteroatoms. The van der Waals surface area contributed by atoms with Gasteiger partial charge in [-0.05, 0) is 43.7 Å². The Hall–Kier alpha value is -3.09. The number of benzene rings is 1. The van der Waals surface area contributed by atoms with E-state index in [2.05, 4.69) is 10.3 Å². The number of aliphatic carboxylic acids is 1. The number of hydrogen-bond acceptors (Lipinski definition) is 5. The molecule has 1 aromatic carbocycles. The minimum absolute atomic E-state index is 0.254. The Morgan fingerprint density at radius 2 is 1.92 bits per heavy atom. The van der Waals surface area contributed by atoms with Crippen molar-refractivity contribution < 1.29 is 24.2 Å². The zero-order valence-corrected chi connectivity index (χ0v) is 14.1. The van der Waals surface area contributed by atoms with Crippen molar-refractivity contribution in [2.75, 3.05) is 13.2 Å². The number of rotatable bonds is 8. The normalized spacial score (nSPS) is 11.4. The van der Waals surface area contributed by atoms with Crippen LogP contribution in [0.1, 0.15) is 35.8 Å². The van der Waals surface area contributed by atoms with Crippen LogP contribution in [0.2, 0.25) is 0 Å². The van der Waals surface area contributed by atoms with Gasteiger partial charge in [-0.15, -0.1) is 0 Å². The van der Waals surface area contributed by atoms with Gasteiger partial charge >= 0.3 is 5.97 Å². The van der Waals surface area contributed by atoms with E-state index >= 15 is 0 Å². The lowest BCUT2D eigenvalue weighted by molar-refractivity contribution is -0.139. The maximum Gasteiger partial charge on any atom is 0.341 e. The molecule has 1 unspecified atom stereocenters. The van der Waals surface area contributed by atoms with E-state index in [0.717, 1.165) is 5.56 Å². The predicted molar refractivity (Wildman–Crippen MR) is 90.9 cm³/mol. The van der Waals surface area contributed by atoms with Crippen LogP contribution < -0.4 is 14.8 Å². The van der Waals surface area contributed by atoms with E-state index in [1.165, 1.54) is 0 Å². The van der Waals surface area contributed by atoms with Crippen molar-refractivity contribution in [2.24, 2.45) is 0 Å². The van der Waals surface area contributed by atoms with Gasteiger partial charge in [0.2, 0.25) is 5.88 Å². The highest BCUT2D eigenvalue weighted by molar-refractivity contribution is 5.96. The molecule has 0 aliphatic rings. The first-order valence-electron chi connectivity index (χ1n) is 7.84. The molecule has 1 aromatic heterocycles. The SMILES string of the molecule is CCOc1ncccc1C(=O)NC(C)c1ccc(OCC(=O)O)cc1. The molecule has 0 saturated heterocycles. The van der Waals surface area contributed by atoms with Gasteiger partial charge in [-0.2, -0.15) is 0 Å². The largest absolute Gasteiger partial charge is 0.482 e. The average molecular weight is 344 g/mol. The maximum absolute atomic E-state index is 12.4. The van der Waals surface area contributed by atoms with Crippen LogP contribution in [0.3, 0.4) is 0 Å². The molecule has 0 fully saturated rings. The number of carbonyl (C=O) groups is 2. The monoisotopic (exact) mass is 344 g/mol. The molecule has 0 radical (unpaired) electrons. The molecule has 2 aromatic rings. The van der Waals surface area contributed by atoms with E-state index in [0.29, 0.717) is 23.8 Å². The third kappa shape index (κ3) is 5.20. The standard InChI is InChI=1S/C18H20N2O5/c1-3-24-18-15(5-4-10-19-18)17(23)20-12(2)13-6-8-14(9-7-13)25-11-16(21)22/h4-10,12H,3,11H2,1-2H3,(H,20,23)(H,21,22). The van der Waals surface area contributed by atoms with Crippen LogP contribution >= 0.6 is 0 Å². The van der Waals surface area contributed by atoms with Crippen LogP contribution in [0, 0.1) is 0 Å². The van der Waals surface area contributed by atoms with Gasteiger partial charge in [0.1, 0.15) is 11.3 Å². The van der Waals surface area contributed by atoms with Crippen LogP contribution in [0.15, 0.2) is 42.6 Å². The van der Waals surface area contributed by atoms with E-state index < -0.39 is 12.6 Å². The smallest absolute Gasteiger partial charge is 0.341 e. The number of nitrogens with one attached hydrogen (secondary N) is 1. The highest BCUT2D eigenvalue weighted by Crippen LogP contribution is 2.20. The summed E-state index contributed by atoms with van der Waals surface area (Å²) in [6.07, 6.45) is 1.57. The first-order valence-corrected chi connectivity index (χ1v) is 7.84. The molecule has 0 aliphatic heterocycles. The van der Waals surface area contributed by atoms with E-state index in [1.807, 2.05) is 13.8 Å². The van der Waals surface area contributed by atoms with E-state index in [4.69, 9.17) is 14.6 Å². The quantitative estimate of drug-likeness (QED) is 0.763. The molecule has 1 atom stereocenters. The van der Waals surface area contributed by atoms with E-state index in [-0.39, 0.29) is 11.9 Å². The summed E-state index contributed by atoms with van der Waals surface area (Å²) in [6, 6.07) is 9.95. The number of nitrogens with zero attached hydrogens (tertiary/aromatic N) is 1. The Balaban J connectivity index is 2.02. The number of hydrogen-bond donors (Lipinski definition) is 2. The first kappa shape index (κ1) is 18.3. The Morgan fingerprint density at radius 1 is 1.20 bits per heavy atom. The third-order valence-electron chi connectivity index (χ3n) is 3.39. The summed E-state index contributed by atoms with van der Waals surface area (Å²) in [6.45, 7) is 3.70. The summed E-state index contributed by atoms with van der Waals surface area (Å²) in [5.74, 6) is -0.566. The minimum Gasteiger partial charge on any atom is -0.482 e.